The lowest BCUT2D eigenvalue weighted by Crippen LogP contribution is -2.33. The Morgan fingerprint density at radius 3 is 2.68 bits per heavy atom. The molecule has 108 valence electrons. The van der Waals surface area contributed by atoms with Crippen molar-refractivity contribution in [3.63, 3.8) is 0 Å². The van der Waals surface area contributed by atoms with Crippen molar-refractivity contribution in [2.24, 2.45) is 11.7 Å². The van der Waals surface area contributed by atoms with Crippen LogP contribution in [0.25, 0.3) is 0 Å². The smallest absolute Gasteiger partial charge is 0.120 e. The second-order valence-corrected chi connectivity index (χ2v) is 6.22. The van der Waals surface area contributed by atoms with Gasteiger partial charge in [-0.25, -0.2) is 0 Å². The zero-order chi connectivity index (χ0) is 14.3. The molecule has 0 aliphatic rings. The Hall–Kier alpha value is -0.580. The third kappa shape index (κ3) is 6.95. The Morgan fingerprint density at radius 1 is 1.32 bits per heavy atom. The van der Waals surface area contributed by atoms with E-state index in [2.05, 4.69) is 41.7 Å². The fraction of sp³-hybridized carbons (Fsp3) is 0.600. The number of likely N-dealkylation sites (N-methyl/N-ethyl adjacent to an activating group) is 1. The van der Waals surface area contributed by atoms with Crippen LogP contribution in [0.3, 0.4) is 0 Å². The second kappa shape index (κ2) is 8.56. The first-order valence-electron chi connectivity index (χ1n) is 6.81. The molecule has 19 heavy (non-hydrogen) atoms. The molecule has 0 amide bonds. The van der Waals surface area contributed by atoms with Gasteiger partial charge in [0.25, 0.3) is 0 Å². The molecule has 0 spiro atoms. The summed E-state index contributed by atoms with van der Waals surface area (Å²) in [7, 11) is 2.11. The normalized spacial score (nSPS) is 13.0. The van der Waals surface area contributed by atoms with E-state index < -0.39 is 0 Å². The molecule has 0 aromatic heterocycles. The minimum Gasteiger partial charge on any atom is -0.492 e. The molecule has 0 aliphatic carbocycles. The number of benzene rings is 1. The Balaban J connectivity index is 2.18. The van der Waals surface area contributed by atoms with Crippen molar-refractivity contribution in [2.45, 2.75) is 26.3 Å². The topological polar surface area (TPSA) is 38.5 Å². The molecule has 0 aliphatic heterocycles. The van der Waals surface area contributed by atoms with Gasteiger partial charge in [0.15, 0.2) is 0 Å². The molecule has 2 N–H and O–H groups in total. The Labute approximate surface area is 125 Å². The molecule has 1 aromatic carbocycles. The maximum Gasteiger partial charge on any atom is 0.120 e. The van der Waals surface area contributed by atoms with Gasteiger partial charge in [0.1, 0.15) is 12.4 Å². The maximum atomic E-state index is 6.04. The van der Waals surface area contributed by atoms with E-state index in [-0.39, 0.29) is 6.04 Å². The molecule has 0 fully saturated rings. The van der Waals surface area contributed by atoms with E-state index in [1.54, 1.807) is 0 Å². The molecule has 1 atom stereocenters. The first-order chi connectivity index (χ1) is 8.99. The van der Waals surface area contributed by atoms with E-state index in [4.69, 9.17) is 10.5 Å². The van der Waals surface area contributed by atoms with Gasteiger partial charge >= 0.3 is 0 Å². The highest BCUT2D eigenvalue weighted by atomic mass is 79.9. The predicted octanol–water partition coefficient (Wildman–Crippen LogP) is 3.13. The minimum absolute atomic E-state index is 0.286. The Morgan fingerprint density at radius 2 is 2.05 bits per heavy atom. The first-order valence-corrected chi connectivity index (χ1v) is 7.61. The molecule has 1 rings (SSSR count). The highest BCUT2D eigenvalue weighted by molar-refractivity contribution is 9.10. The molecule has 3 nitrogen and oxygen atoms in total. The van der Waals surface area contributed by atoms with Crippen LogP contribution in [0, 0.1) is 5.92 Å². The number of hydrogen-bond acceptors (Lipinski definition) is 3. The van der Waals surface area contributed by atoms with E-state index >= 15 is 0 Å². The number of nitrogens with zero attached hydrogens (tertiary/aromatic N) is 1. The number of ether oxygens (including phenoxy) is 1. The zero-order valence-corrected chi connectivity index (χ0v) is 13.7. The number of rotatable bonds is 8. The molecule has 4 heteroatoms. The van der Waals surface area contributed by atoms with Crippen molar-refractivity contribution >= 4 is 15.9 Å². The van der Waals surface area contributed by atoms with E-state index in [0.29, 0.717) is 12.5 Å². The number of hydrogen-bond donors (Lipinski definition) is 1. The lowest BCUT2D eigenvalue weighted by molar-refractivity contribution is 0.228. The van der Waals surface area contributed by atoms with Crippen molar-refractivity contribution in [2.75, 3.05) is 26.7 Å². The lowest BCUT2D eigenvalue weighted by atomic mass is 10.0. The first kappa shape index (κ1) is 16.5. The SMILES string of the molecule is CC(C)C(N)CCN(C)CCOc1cccc(Br)c1. The van der Waals surface area contributed by atoms with E-state index in [0.717, 1.165) is 29.7 Å². The summed E-state index contributed by atoms with van der Waals surface area (Å²) in [6, 6.07) is 8.21. The third-order valence-electron chi connectivity index (χ3n) is 3.24. The molecule has 0 saturated carbocycles. The largest absolute Gasteiger partial charge is 0.492 e. The fourth-order valence-electron chi connectivity index (χ4n) is 1.69. The van der Waals surface area contributed by atoms with Gasteiger partial charge in [-0.1, -0.05) is 35.8 Å². The summed E-state index contributed by atoms with van der Waals surface area (Å²) in [4.78, 5) is 2.26. The molecule has 0 heterocycles. The minimum atomic E-state index is 0.286. The average Bonchev–Trinajstić information content (AvgIpc) is 2.36. The van der Waals surface area contributed by atoms with Crippen LogP contribution in [0.5, 0.6) is 5.75 Å². The van der Waals surface area contributed by atoms with Crippen LogP contribution < -0.4 is 10.5 Å². The van der Waals surface area contributed by atoms with Gasteiger partial charge in [0.05, 0.1) is 0 Å². The molecule has 1 unspecified atom stereocenters. The van der Waals surface area contributed by atoms with Crippen LogP contribution in [0.15, 0.2) is 28.7 Å². The summed E-state index contributed by atoms with van der Waals surface area (Å²) in [6.07, 6.45) is 1.03. The van der Waals surface area contributed by atoms with Crippen molar-refractivity contribution in [1.82, 2.24) is 4.90 Å². The van der Waals surface area contributed by atoms with Gasteiger partial charge in [-0.3, -0.25) is 0 Å². The van der Waals surface area contributed by atoms with Crippen LogP contribution in [0.2, 0.25) is 0 Å². The van der Waals surface area contributed by atoms with Crippen molar-refractivity contribution in [3.05, 3.63) is 28.7 Å². The molecule has 1 aromatic rings. The highest BCUT2D eigenvalue weighted by Crippen LogP contribution is 2.17. The van der Waals surface area contributed by atoms with Crippen molar-refractivity contribution < 1.29 is 4.74 Å². The number of nitrogens with two attached hydrogens (primary N) is 1. The third-order valence-corrected chi connectivity index (χ3v) is 3.73. The monoisotopic (exact) mass is 328 g/mol. The molecular formula is C15H25BrN2O. The van der Waals surface area contributed by atoms with Crippen LogP contribution in [0.4, 0.5) is 0 Å². The Kier molecular flexibility index (Phi) is 7.42. The van der Waals surface area contributed by atoms with Gasteiger partial charge in [0.2, 0.25) is 0 Å². The van der Waals surface area contributed by atoms with Crippen LogP contribution in [-0.2, 0) is 0 Å². The van der Waals surface area contributed by atoms with Gasteiger partial charge < -0.3 is 15.4 Å². The summed E-state index contributed by atoms with van der Waals surface area (Å²) in [6.45, 7) is 6.96. The van der Waals surface area contributed by atoms with Crippen molar-refractivity contribution in [1.29, 1.82) is 0 Å². The molecule has 0 bridgehead atoms. The van der Waals surface area contributed by atoms with Crippen LogP contribution >= 0.6 is 15.9 Å². The van der Waals surface area contributed by atoms with E-state index in [1.165, 1.54) is 0 Å². The van der Waals surface area contributed by atoms with Gasteiger partial charge in [-0.15, -0.1) is 0 Å². The molecular weight excluding hydrogens is 304 g/mol. The lowest BCUT2D eigenvalue weighted by Gasteiger charge is -2.21. The zero-order valence-electron chi connectivity index (χ0n) is 12.1. The van der Waals surface area contributed by atoms with Crippen LogP contribution in [0.1, 0.15) is 20.3 Å². The van der Waals surface area contributed by atoms with Gasteiger partial charge in [-0.05, 0) is 44.1 Å². The number of halogens is 1. The quantitative estimate of drug-likeness (QED) is 0.796. The summed E-state index contributed by atoms with van der Waals surface area (Å²) < 4.78 is 6.75. The summed E-state index contributed by atoms with van der Waals surface area (Å²) in [5.74, 6) is 1.45. The van der Waals surface area contributed by atoms with Gasteiger partial charge in [0, 0.05) is 17.1 Å². The van der Waals surface area contributed by atoms with Gasteiger partial charge in [-0.2, -0.15) is 0 Å². The molecule has 0 radical (unpaired) electrons. The fourth-order valence-corrected chi connectivity index (χ4v) is 2.07. The average molecular weight is 329 g/mol. The highest BCUT2D eigenvalue weighted by Gasteiger charge is 2.08. The predicted molar refractivity (Wildman–Crippen MR) is 84.6 cm³/mol. The summed E-state index contributed by atoms with van der Waals surface area (Å²) in [5, 5.41) is 0. The van der Waals surface area contributed by atoms with Crippen molar-refractivity contribution in [3.8, 4) is 5.75 Å². The summed E-state index contributed by atoms with van der Waals surface area (Å²) in [5.41, 5.74) is 6.04. The second-order valence-electron chi connectivity index (χ2n) is 5.31. The maximum absolute atomic E-state index is 6.04. The standard InChI is InChI=1S/C15H25BrN2O/c1-12(2)15(17)7-8-18(3)9-10-19-14-6-4-5-13(16)11-14/h4-6,11-12,15H,7-10,17H2,1-3H3. The van der Waals surface area contributed by atoms with Crippen LogP contribution in [-0.4, -0.2) is 37.7 Å². The van der Waals surface area contributed by atoms with E-state index in [1.807, 2.05) is 24.3 Å². The molecule has 0 saturated heterocycles. The summed E-state index contributed by atoms with van der Waals surface area (Å²) >= 11 is 3.43. The van der Waals surface area contributed by atoms with E-state index in [9.17, 15) is 0 Å². The Bertz CT molecular complexity index is 371.